The average Bonchev–Trinajstić information content (AvgIpc) is 3.26. The summed E-state index contributed by atoms with van der Waals surface area (Å²) in [5, 5.41) is 0.602. The summed E-state index contributed by atoms with van der Waals surface area (Å²) in [6.45, 7) is 2.29. The van der Waals surface area contributed by atoms with Crippen molar-refractivity contribution in [2.45, 2.75) is 63.7 Å². The minimum atomic E-state index is 0.516. The van der Waals surface area contributed by atoms with Crippen LogP contribution in [0.5, 0.6) is 0 Å². The number of hydrogen-bond donors (Lipinski definition) is 0. The van der Waals surface area contributed by atoms with Crippen LogP contribution in [-0.2, 0) is 0 Å². The van der Waals surface area contributed by atoms with Crippen molar-refractivity contribution in [3.8, 4) is 0 Å². The van der Waals surface area contributed by atoms with Crippen LogP contribution in [0.3, 0.4) is 0 Å². The maximum Gasteiger partial charge on any atom is 0.147 e. The van der Waals surface area contributed by atoms with Crippen LogP contribution in [0.4, 0.5) is 0 Å². The first-order chi connectivity index (χ1) is 9.19. The first kappa shape index (κ1) is 13.8. The van der Waals surface area contributed by atoms with E-state index in [0.717, 1.165) is 21.9 Å². The van der Waals surface area contributed by atoms with Crippen molar-refractivity contribution in [2.75, 3.05) is 0 Å². The number of hydrogen-bond acceptors (Lipinski definition) is 2. The van der Waals surface area contributed by atoms with E-state index in [9.17, 15) is 0 Å². The Hall–Kier alpha value is -0.150. The van der Waals surface area contributed by atoms with E-state index >= 15 is 0 Å². The van der Waals surface area contributed by atoms with E-state index in [2.05, 4.69) is 27.8 Å². The molecule has 2 unspecified atom stereocenters. The second kappa shape index (κ2) is 5.69. The summed E-state index contributed by atoms with van der Waals surface area (Å²) in [6.07, 6.45) is 8.89. The zero-order valence-corrected chi connectivity index (χ0v) is 13.7. The number of halogens is 2. The van der Waals surface area contributed by atoms with Gasteiger partial charge >= 0.3 is 0 Å². The molecule has 1 aromatic heterocycles. The summed E-state index contributed by atoms with van der Waals surface area (Å²) in [7, 11) is 0. The van der Waals surface area contributed by atoms with E-state index < -0.39 is 0 Å². The Morgan fingerprint density at radius 1 is 1.16 bits per heavy atom. The molecule has 0 spiro atoms. The smallest absolute Gasteiger partial charge is 0.147 e. The summed E-state index contributed by atoms with van der Waals surface area (Å²) < 4.78 is 0.920. The van der Waals surface area contributed by atoms with Crippen LogP contribution in [-0.4, -0.2) is 9.97 Å². The van der Waals surface area contributed by atoms with Gasteiger partial charge in [0.25, 0.3) is 0 Å². The van der Waals surface area contributed by atoms with Gasteiger partial charge in [-0.05, 0) is 47.5 Å². The van der Waals surface area contributed by atoms with Crippen LogP contribution in [0.15, 0.2) is 4.47 Å². The van der Waals surface area contributed by atoms with Crippen LogP contribution < -0.4 is 0 Å². The molecule has 2 fully saturated rings. The third-order valence-corrected chi connectivity index (χ3v) is 5.83. The van der Waals surface area contributed by atoms with E-state index in [1.54, 1.807) is 0 Å². The molecule has 4 heteroatoms. The lowest BCUT2D eigenvalue weighted by Gasteiger charge is -2.27. The predicted octanol–water partition coefficient (Wildman–Crippen LogP) is 5.45. The van der Waals surface area contributed by atoms with Gasteiger partial charge in [-0.15, -0.1) is 0 Å². The van der Waals surface area contributed by atoms with E-state index in [4.69, 9.17) is 16.6 Å². The number of rotatable bonds is 3. The molecule has 2 saturated carbocycles. The van der Waals surface area contributed by atoms with Crippen LogP contribution in [0, 0.1) is 5.92 Å². The maximum atomic E-state index is 6.28. The van der Waals surface area contributed by atoms with Crippen molar-refractivity contribution in [1.82, 2.24) is 9.97 Å². The zero-order chi connectivity index (χ0) is 13.4. The first-order valence-electron chi connectivity index (χ1n) is 7.41. The monoisotopic (exact) mass is 342 g/mol. The van der Waals surface area contributed by atoms with Crippen LogP contribution in [0.25, 0.3) is 0 Å². The molecule has 104 valence electrons. The SMILES string of the molecule is CCC1CCCC(c2nc(Cl)c(Br)c(C3CC3)n2)C1. The average molecular weight is 344 g/mol. The van der Waals surface area contributed by atoms with Gasteiger partial charge in [0.15, 0.2) is 0 Å². The molecule has 0 N–H and O–H groups in total. The molecule has 2 aliphatic rings. The summed E-state index contributed by atoms with van der Waals surface area (Å²) in [4.78, 5) is 9.39. The number of nitrogens with zero attached hydrogens (tertiary/aromatic N) is 2. The third-order valence-electron chi connectivity index (χ3n) is 4.54. The van der Waals surface area contributed by atoms with Gasteiger partial charge in [-0.2, -0.15) is 0 Å². The van der Waals surface area contributed by atoms with Gasteiger partial charge in [-0.3, -0.25) is 0 Å². The molecule has 3 rings (SSSR count). The molecular weight excluding hydrogens is 324 g/mol. The van der Waals surface area contributed by atoms with E-state index in [1.165, 1.54) is 44.9 Å². The van der Waals surface area contributed by atoms with Gasteiger partial charge in [-0.1, -0.05) is 37.8 Å². The molecule has 0 radical (unpaired) electrons. The molecule has 0 saturated heterocycles. The van der Waals surface area contributed by atoms with Gasteiger partial charge < -0.3 is 0 Å². The molecule has 2 aliphatic carbocycles. The molecule has 0 amide bonds. The topological polar surface area (TPSA) is 25.8 Å². The standard InChI is InChI=1S/C15H20BrClN2/c1-2-9-4-3-5-11(8-9)15-18-13(10-6-7-10)12(16)14(17)19-15/h9-11H,2-8H2,1H3. The van der Waals surface area contributed by atoms with Gasteiger partial charge in [0, 0.05) is 11.8 Å². The Labute approximate surface area is 128 Å². The zero-order valence-electron chi connectivity index (χ0n) is 11.3. The Kier molecular flexibility index (Phi) is 4.14. The Balaban J connectivity index is 1.87. The molecule has 1 heterocycles. The number of aromatic nitrogens is 2. The van der Waals surface area contributed by atoms with Crippen molar-refractivity contribution < 1.29 is 0 Å². The predicted molar refractivity (Wildman–Crippen MR) is 81.7 cm³/mol. The highest BCUT2D eigenvalue weighted by atomic mass is 79.9. The van der Waals surface area contributed by atoms with E-state index in [0.29, 0.717) is 17.0 Å². The summed E-state index contributed by atoms with van der Waals surface area (Å²) in [5.74, 6) is 2.96. The van der Waals surface area contributed by atoms with E-state index in [-0.39, 0.29) is 0 Å². The van der Waals surface area contributed by atoms with Crippen LogP contribution in [0.2, 0.25) is 5.15 Å². The molecular formula is C15H20BrClN2. The lowest BCUT2D eigenvalue weighted by Crippen LogP contribution is -2.16. The van der Waals surface area contributed by atoms with Crippen LogP contribution in [0.1, 0.15) is 75.2 Å². The molecule has 0 bridgehead atoms. The quantitative estimate of drug-likeness (QED) is 0.682. The van der Waals surface area contributed by atoms with Crippen LogP contribution >= 0.6 is 27.5 Å². The Morgan fingerprint density at radius 3 is 2.63 bits per heavy atom. The molecule has 0 aromatic carbocycles. The maximum absolute atomic E-state index is 6.28. The van der Waals surface area contributed by atoms with Crippen molar-refractivity contribution in [3.63, 3.8) is 0 Å². The fraction of sp³-hybridized carbons (Fsp3) is 0.733. The molecule has 1 aromatic rings. The van der Waals surface area contributed by atoms with Crippen molar-refractivity contribution in [1.29, 1.82) is 0 Å². The largest absolute Gasteiger partial charge is 0.236 e. The summed E-state index contributed by atoms with van der Waals surface area (Å²) >= 11 is 9.83. The van der Waals surface area contributed by atoms with Gasteiger partial charge in [0.05, 0.1) is 10.2 Å². The van der Waals surface area contributed by atoms with Gasteiger partial charge in [0.1, 0.15) is 11.0 Å². The Morgan fingerprint density at radius 2 is 1.95 bits per heavy atom. The van der Waals surface area contributed by atoms with Gasteiger partial charge in [0.2, 0.25) is 0 Å². The minimum absolute atomic E-state index is 0.516. The minimum Gasteiger partial charge on any atom is -0.236 e. The molecule has 2 atom stereocenters. The first-order valence-corrected chi connectivity index (χ1v) is 8.59. The summed E-state index contributed by atoms with van der Waals surface area (Å²) in [5.41, 5.74) is 1.15. The third kappa shape index (κ3) is 2.97. The normalized spacial score (nSPS) is 27.5. The second-order valence-corrected chi connectivity index (χ2v) is 7.13. The lowest BCUT2D eigenvalue weighted by atomic mass is 9.80. The second-order valence-electron chi connectivity index (χ2n) is 5.98. The highest BCUT2D eigenvalue weighted by molar-refractivity contribution is 9.10. The summed E-state index contributed by atoms with van der Waals surface area (Å²) in [6, 6.07) is 0. The van der Waals surface area contributed by atoms with Crippen molar-refractivity contribution >= 4 is 27.5 Å². The Bertz CT molecular complexity index is 473. The van der Waals surface area contributed by atoms with Gasteiger partial charge in [-0.25, -0.2) is 9.97 Å². The highest BCUT2D eigenvalue weighted by Crippen LogP contribution is 2.45. The molecule has 2 nitrogen and oxygen atoms in total. The fourth-order valence-corrected chi connectivity index (χ4v) is 3.84. The fourth-order valence-electron chi connectivity index (χ4n) is 3.16. The highest BCUT2D eigenvalue weighted by Gasteiger charge is 2.31. The van der Waals surface area contributed by atoms with Crippen molar-refractivity contribution in [3.05, 3.63) is 21.1 Å². The molecule has 19 heavy (non-hydrogen) atoms. The van der Waals surface area contributed by atoms with Crippen molar-refractivity contribution in [2.24, 2.45) is 5.92 Å². The molecule has 0 aliphatic heterocycles. The lowest BCUT2D eigenvalue weighted by molar-refractivity contribution is 0.307. The van der Waals surface area contributed by atoms with E-state index in [1.807, 2.05) is 0 Å².